The lowest BCUT2D eigenvalue weighted by Gasteiger charge is -2.12. The number of anilines is 1. The monoisotopic (exact) mass is 282 g/mol. The van der Waals surface area contributed by atoms with Gasteiger partial charge < -0.3 is 14.5 Å². The first kappa shape index (κ1) is 13.4. The second-order valence-corrected chi connectivity index (χ2v) is 4.84. The molecule has 2 heterocycles. The maximum atomic E-state index is 4.19. The highest BCUT2D eigenvalue weighted by Crippen LogP contribution is 2.25. The lowest BCUT2D eigenvalue weighted by molar-refractivity contribution is 0.719. The zero-order valence-corrected chi connectivity index (χ0v) is 12.2. The Hall–Kier alpha value is -2.63. The fourth-order valence-corrected chi connectivity index (χ4v) is 2.33. The molecule has 0 aliphatic heterocycles. The molecule has 0 fully saturated rings. The molecule has 3 rings (SSSR count). The minimum absolute atomic E-state index is 0.725. The van der Waals surface area contributed by atoms with Gasteiger partial charge in [0.1, 0.15) is 6.33 Å². The Balaban J connectivity index is 1.85. The molecule has 6 heteroatoms. The third-order valence-electron chi connectivity index (χ3n) is 3.48. The van der Waals surface area contributed by atoms with Crippen LogP contribution in [0.1, 0.15) is 12.6 Å². The Morgan fingerprint density at radius 3 is 2.81 bits per heavy atom. The van der Waals surface area contributed by atoms with Crippen LogP contribution in [0.15, 0.2) is 43.1 Å². The van der Waals surface area contributed by atoms with Crippen molar-refractivity contribution in [2.75, 3.05) is 5.32 Å². The van der Waals surface area contributed by atoms with Crippen LogP contribution in [0.25, 0.3) is 11.4 Å². The smallest absolute Gasteiger partial charge is 0.165 e. The SMILES string of the molecule is CCn1cncc1CNc1ccccc1-c1nncn1C. The zero-order valence-electron chi connectivity index (χ0n) is 12.2. The number of benzene rings is 1. The van der Waals surface area contributed by atoms with E-state index in [4.69, 9.17) is 0 Å². The molecular weight excluding hydrogens is 264 g/mol. The van der Waals surface area contributed by atoms with Gasteiger partial charge in [-0.25, -0.2) is 4.98 Å². The maximum absolute atomic E-state index is 4.19. The standard InChI is InChI=1S/C15H18N6/c1-3-21-10-16-8-12(21)9-17-14-7-5-4-6-13(14)15-19-18-11-20(15)2/h4-8,10-11,17H,3,9H2,1-2H3. The number of hydrogen-bond acceptors (Lipinski definition) is 4. The minimum Gasteiger partial charge on any atom is -0.379 e. The van der Waals surface area contributed by atoms with Crippen LogP contribution in [0, 0.1) is 0 Å². The largest absolute Gasteiger partial charge is 0.379 e. The predicted molar refractivity (Wildman–Crippen MR) is 81.7 cm³/mol. The second kappa shape index (κ2) is 5.78. The third-order valence-corrected chi connectivity index (χ3v) is 3.48. The van der Waals surface area contributed by atoms with E-state index in [1.54, 1.807) is 6.33 Å². The van der Waals surface area contributed by atoms with Crippen LogP contribution >= 0.6 is 0 Å². The molecule has 0 aliphatic carbocycles. The Morgan fingerprint density at radius 1 is 1.19 bits per heavy atom. The van der Waals surface area contributed by atoms with Crippen molar-refractivity contribution in [3.8, 4) is 11.4 Å². The van der Waals surface area contributed by atoms with Crippen LogP contribution in [0.4, 0.5) is 5.69 Å². The summed E-state index contributed by atoms with van der Waals surface area (Å²) in [6.45, 7) is 3.75. The number of rotatable bonds is 5. The van der Waals surface area contributed by atoms with Crippen LogP contribution in [0.5, 0.6) is 0 Å². The number of nitrogens with one attached hydrogen (secondary N) is 1. The highest BCUT2D eigenvalue weighted by atomic mass is 15.2. The van der Waals surface area contributed by atoms with Crippen LogP contribution in [-0.2, 0) is 20.1 Å². The van der Waals surface area contributed by atoms with Crippen molar-refractivity contribution in [3.05, 3.63) is 48.8 Å². The summed E-state index contributed by atoms with van der Waals surface area (Å²) in [5, 5.41) is 11.6. The van der Waals surface area contributed by atoms with Crippen LogP contribution < -0.4 is 5.32 Å². The number of aromatic nitrogens is 5. The van der Waals surface area contributed by atoms with Crippen LogP contribution in [0.3, 0.4) is 0 Å². The first-order valence-corrected chi connectivity index (χ1v) is 6.96. The van der Waals surface area contributed by atoms with Gasteiger partial charge in [0.05, 0.1) is 18.6 Å². The van der Waals surface area contributed by atoms with Gasteiger partial charge >= 0.3 is 0 Å². The number of hydrogen-bond donors (Lipinski definition) is 1. The number of aryl methyl sites for hydroxylation is 2. The van der Waals surface area contributed by atoms with E-state index in [0.29, 0.717) is 0 Å². The zero-order chi connectivity index (χ0) is 14.7. The summed E-state index contributed by atoms with van der Waals surface area (Å²) in [6, 6.07) is 8.12. The molecule has 3 aromatic rings. The van der Waals surface area contributed by atoms with Gasteiger partial charge in [-0.3, -0.25) is 0 Å². The summed E-state index contributed by atoms with van der Waals surface area (Å²) in [7, 11) is 1.94. The Kier molecular flexibility index (Phi) is 3.68. The summed E-state index contributed by atoms with van der Waals surface area (Å²) >= 11 is 0. The predicted octanol–water partition coefficient (Wildman–Crippen LogP) is 2.31. The van der Waals surface area contributed by atoms with Gasteiger partial charge in [0.2, 0.25) is 0 Å². The van der Waals surface area contributed by atoms with Crippen molar-refractivity contribution in [2.24, 2.45) is 7.05 Å². The van der Waals surface area contributed by atoms with Gasteiger partial charge in [-0.05, 0) is 19.1 Å². The first-order chi connectivity index (χ1) is 10.3. The van der Waals surface area contributed by atoms with Crippen LogP contribution in [0.2, 0.25) is 0 Å². The number of nitrogens with zero attached hydrogens (tertiary/aromatic N) is 5. The fraction of sp³-hybridized carbons (Fsp3) is 0.267. The molecule has 0 radical (unpaired) electrons. The molecule has 0 saturated heterocycles. The quantitative estimate of drug-likeness (QED) is 0.780. The maximum Gasteiger partial charge on any atom is 0.165 e. The third kappa shape index (κ3) is 2.65. The molecule has 0 spiro atoms. The molecule has 0 saturated carbocycles. The van der Waals surface area contributed by atoms with Crippen molar-refractivity contribution in [1.82, 2.24) is 24.3 Å². The number of imidazole rings is 1. The minimum atomic E-state index is 0.725. The molecule has 0 amide bonds. The normalized spacial score (nSPS) is 10.8. The Labute approximate surface area is 123 Å². The summed E-state index contributed by atoms with van der Waals surface area (Å²) < 4.78 is 4.04. The van der Waals surface area contributed by atoms with Gasteiger partial charge in [-0.15, -0.1) is 10.2 Å². The van der Waals surface area contributed by atoms with Crippen LogP contribution in [-0.4, -0.2) is 24.3 Å². The topological polar surface area (TPSA) is 60.6 Å². The van der Waals surface area contributed by atoms with E-state index in [1.165, 1.54) is 0 Å². The van der Waals surface area contributed by atoms with Crippen molar-refractivity contribution < 1.29 is 0 Å². The lowest BCUT2D eigenvalue weighted by atomic mass is 10.1. The lowest BCUT2D eigenvalue weighted by Crippen LogP contribution is -2.07. The van der Waals surface area contributed by atoms with Gasteiger partial charge in [-0.2, -0.15) is 0 Å². The molecule has 0 aliphatic rings. The molecule has 1 N–H and O–H groups in total. The molecule has 0 bridgehead atoms. The molecule has 2 aromatic heterocycles. The Bertz CT molecular complexity index is 727. The molecule has 0 unspecified atom stereocenters. The molecule has 21 heavy (non-hydrogen) atoms. The van der Waals surface area contributed by atoms with Gasteiger partial charge in [0.25, 0.3) is 0 Å². The fourth-order valence-electron chi connectivity index (χ4n) is 2.33. The highest BCUT2D eigenvalue weighted by Gasteiger charge is 2.10. The van der Waals surface area contributed by atoms with Gasteiger partial charge in [-0.1, -0.05) is 12.1 Å². The van der Waals surface area contributed by atoms with E-state index in [-0.39, 0.29) is 0 Å². The average molecular weight is 282 g/mol. The van der Waals surface area contributed by atoms with E-state index in [0.717, 1.165) is 35.9 Å². The van der Waals surface area contributed by atoms with Gasteiger partial charge in [0, 0.05) is 31.0 Å². The Morgan fingerprint density at radius 2 is 2.05 bits per heavy atom. The summed E-state index contributed by atoms with van der Waals surface area (Å²) in [4.78, 5) is 4.19. The van der Waals surface area contributed by atoms with Crippen molar-refractivity contribution in [3.63, 3.8) is 0 Å². The van der Waals surface area contributed by atoms with E-state index in [2.05, 4.69) is 38.1 Å². The molecule has 108 valence electrons. The van der Waals surface area contributed by atoms with Gasteiger partial charge in [0.15, 0.2) is 5.82 Å². The van der Waals surface area contributed by atoms with Crippen molar-refractivity contribution >= 4 is 5.69 Å². The highest BCUT2D eigenvalue weighted by molar-refractivity contribution is 5.73. The summed E-state index contributed by atoms with van der Waals surface area (Å²) in [5.41, 5.74) is 3.24. The molecule has 6 nitrogen and oxygen atoms in total. The van der Waals surface area contributed by atoms with Crippen molar-refractivity contribution in [1.29, 1.82) is 0 Å². The van der Waals surface area contributed by atoms with E-state index < -0.39 is 0 Å². The average Bonchev–Trinajstić information content (AvgIpc) is 3.13. The summed E-state index contributed by atoms with van der Waals surface area (Å²) in [6.07, 6.45) is 5.45. The molecule has 0 atom stereocenters. The summed E-state index contributed by atoms with van der Waals surface area (Å²) in [5.74, 6) is 0.849. The first-order valence-electron chi connectivity index (χ1n) is 6.96. The van der Waals surface area contributed by atoms with E-state index in [9.17, 15) is 0 Å². The van der Waals surface area contributed by atoms with Crippen molar-refractivity contribution in [2.45, 2.75) is 20.0 Å². The number of para-hydroxylation sites is 1. The molecule has 1 aromatic carbocycles. The van der Waals surface area contributed by atoms with E-state index in [1.807, 2.05) is 42.3 Å². The van der Waals surface area contributed by atoms with E-state index >= 15 is 0 Å². The second-order valence-electron chi connectivity index (χ2n) is 4.84. The molecular formula is C15H18N6.